The normalized spacial score (nSPS) is 11.8. The maximum Gasteiger partial charge on any atom is 0.347 e. The number of aromatic nitrogens is 4. The molecule has 0 bridgehead atoms. The largest absolute Gasteiger partial charge is 0.347 e. The zero-order valence-corrected chi connectivity index (χ0v) is 17.0. The molecule has 0 aliphatic heterocycles. The van der Waals surface area contributed by atoms with Gasteiger partial charge in [-0.2, -0.15) is 4.98 Å². The van der Waals surface area contributed by atoms with Gasteiger partial charge in [0, 0.05) is 29.8 Å². The molecule has 0 atom stereocenters. The fraction of sp³-hybridized carbons (Fsp3) is 0.182. The molecule has 0 aliphatic rings. The first-order valence-corrected chi connectivity index (χ1v) is 9.59. The molecule has 4 aromatic rings. The molecule has 0 radical (unpaired) electrons. The number of nitrogens with one attached hydrogen (secondary N) is 1. The lowest BCUT2D eigenvalue weighted by atomic mass is 9.90. The molecule has 1 N–H and O–H groups in total. The van der Waals surface area contributed by atoms with E-state index in [-0.39, 0.29) is 22.8 Å². The molecule has 3 aromatic heterocycles. The van der Waals surface area contributed by atoms with E-state index >= 15 is 4.39 Å². The smallest absolute Gasteiger partial charge is 0.305 e. The van der Waals surface area contributed by atoms with E-state index in [1.807, 2.05) is 0 Å². The molecular formula is C22H17ClF2N4O. The summed E-state index contributed by atoms with van der Waals surface area (Å²) in [5, 5.41) is 0.734. The van der Waals surface area contributed by atoms with E-state index in [2.05, 4.69) is 19.9 Å². The summed E-state index contributed by atoms with van der Waals surface area (Å²) in [6.07, 6.45) is 2.94. The van der Waals surface area contributed by atoms with Gasteiger partial charge in [-0.25, -0.2) is 18.6 Å². The zero-order valence-electron chi connectivity index (χ0n) is 16.2. The van der Waals surface area contributed by atoms with E-state index in [1.54, 1.807) is 30.3 Å². The van der Waals surface area contributed by atoms with Crippen LogP contribution in [0.15, 0.2) is 53.6 Å². The first-order chi connectivity index (χ1) is 14.3. The van der Waals surface area contributed by atoms with Gasteiger partial charge >= 0.3 is 5.69 Å². The Hall–Kier alpha value is -3.19. The summed E-state index contributed by atoms with van der Waals surface area (Å²) in [5.74, 6) is -0.410. The lowest BCUT2D eigenvalue weighted by Crippen LogP contribution is -2.18. The van der Waals surface area contributed by atoms with Crippen LogP contribution >= 0.6 is 11.6 Å². The van der Waals surface area contributed by atoms with Crippen LogP contribution in [0.2, 0.25) is 5.02 Å². The van der Waals surface area contributed by atoms with Crippen molar-refractivity contribution in [3.05, 3.63) is 86.9 Å². The van der Waals surface area contributed by atoms with Crippen LogP contribution in [0.4, 0.5) is 8.78 Å². The van der Waals surface area contributed by atoms with Crippen LogP contribution in [0.1, 0.15) is 30.7 Å². The number of pyridine rings is 2. The monoisotopic (exact) mass is 426 g/mol. The molecule has 0 unspecified atom stereocenters. The van der Waals surface area contributed by atoms with Crippen LogP contribution in [0, 0.1) is 5.82 Å². The van der Waals surface area contributed by atoms with E-state index in [9.17, 15) is 9.18 Å². The van der Waals surface area contributed by atoms with Crippen LogP contribution in [0.25, 0.3) is 22.3 Å². The maximum absolute atomic E-state index is 15.2. The van der Waals surface area contributed by atoms with Gasteiger partial charge in [-0.1, -0.05) is 29.8 Å². The summed E-state index contributed by atoms with van der Waals surface area (Å²) in [4.78, 5) is 27.1. The van der Waals surface area contributed by atoms with Crippen molar-refractivity contribution in [2.75, 3.05) is 0 Å². The molecular weight excluding hydrogens is 410 g/mol. The molecule has 5 nitrogen and oxygen atoms in total. The van der Waals surface area contributed by atoms with Crippen LogP contribution in [0.5, 0.6) is 0 Å². The van der Waals surface area contributed by atoms with Crippen LogP contribution in [-0.4, -0.2) is 19.9 Å². The molecule has 8 heteroatoms. The van der Waals surface area contributed by atoms with E-state index in [4.69, 9.17) is 11.6 Å². The number of hydrogen-bond donors (Lipinski definition) is 1. The highest BCUT2D eigenvalue weighted by Gasteiger charge is 2.30. The van der Waals surface area contributed by atoms with E-state index < -0.39 is 17.2 Å². The lowest BCUT2D eigenvalue weighted by Gasteiger charge is -2.22. The number of fused-ring (bicyclic) bond motifs is 1. The Kier molecular flexibility index (Phi) is 5.07. The second-order valence-electron chi connectivity index (χ2n) is 7.34. The topological polar surface area (TPSA) is 71.5 Å². The van der Waals surface area contributed by atoms with E-state index in [0.717, 1.165) is 0 Å². The Balaban J connectivity index is 2.09. The highest BCUT2D eigenvalue weighted by molar-refractivity contribution is 6.31. The number of aromatic amines is 1. The predicted molar refractivity (Wildman–Crippen MR) is 112 cm³/mol. The Labute approximate surface area is 175 Å². The van der Waals surface area contributed by atoms with Crippen molar-refractivity contribution < 1.29 is 8.78 Å². The molecule has 0 amide bonds. The molecule has 0 aliphatic carbocycles. The minimum absolute atomic E-state index is 0.0743. The van der Waals surface area contributed by atoms with Gasteiger partial charge in [0.05, 0.1) is 16.4 Å². The van der Waals surface area contributed by atoms with Gasteiger partial charge in [-0.15, -0.1) is 0 Å². The lowest BCUT2D eigenvalue weighted by molar-refractivity contribution is 0.215. The first-order valence-electron chi connectivity index (χ1n) is 9.21. The van der Waals surface area contributed by atoms with Gasteiger partial charge in [0.15, 0.2) is 5.65 Å². The van der Waals surface area contributed by atoms with Crippen molar-refractivity contribution in [2.24, 2.45) is 0 Å². The average molecular weight is 427 g/mol. The summed E-state index contributed by atoms with van der Waals surface area (Å²) in [5.41, 5.74) is -0.802. The predicted octanol–water partition coefficient (Wildman–Crippen LogP) is 4.97. The van der Waals surface area contributed by atoms with Gasteiger partial charge in [0.25, 0.3) is 0 Å². The van der Waals surface area contributed by atoms with Crippen molar-refractivity contribution in [2.45, 2.75) is 25.9 Å². The van der Waals surface area contributed by atoms with Crippen molar-refractivity contribution in [1.29, 1.82) is 0 Å². The Morgan fingerprint density at radius 3 is 2.63 bits per heavy atom. The summed E-state index contributed by atoms with van der Waals surface area (Å²) >= 11 is 6.46. The number of hydrogen-bond acceptors (Lipinski definition) is 4. The van der Waals surface area contributed by atoms with E-state index in [1.165, 1.54) is 32.3 Å². The van der Waals surface area contributed by atoms with Crippen LogP contribution < -0.4 is 5.69 Å². The summed E-state index contributed by atoms with van der Waals surface area (Å²) in [6.45, 7) is 2.72. The molecule has 0 fully saturated rings. The third-order valence-corrected chi connectivity index (χ3v) is 5.09. The number of benzene rings is 1. The highest BCUT2D eigenvalue weighted by Crippen LogP contribution is 2.40. The van der Waals surface area contributed by atoms with Crippen LogP contribution in [-0.2, 0) is 12.1 Å². The van der Waals surface area contributed by atoms with Crippen molar-refractivity contribution in [3.63, 3.8) is 0 Å². The first kappa shape index (κ1) is 20.1. The molecule has 4 rings (SSSR count). The van der Waals surface area contributed by atoms with E-state index in [0.29, 0.717) is 27.8 Å². The molecule has 0 spiro atoms. The van der Waals surface area contributed by atoms with Crippen molar-refractivity contribution in [3.8, 4) is 11.3 Å². The minimum atomic E-state index is -1.86. The molecule has 152 valence electrons. The fourth-order valence-corrected chi connectivity index (χ4v) is 3.64. The molecule has 1 aromatic carbocycles. The Bertz CT molecular complexity index is 1310. The number of rotatable bonds is 4. The van der Waals surface area contributed by atoms with Gasteiger partial charge < -0.3 is 4.98 Å². The molecule has 0 saturated heterocycles. The number of H-pyrrole nitrogens is 1. The van der Waals surface area contributed by atoms with Crippen molar-refractivity contribution >= 4 is 22.6 Å². The maximum atomic E-state index is 15.2. The molecule has 30 heavy (non-hydrogen) atoms. The quantitative estimate of drug-likeness (QED) is 0.500. The van der Waals surface area contributed by atoms with Gasteiger partial charge in [-0.05, 0) is 43.2 Å². The summed E-state index contributed by atoms with van der Waals surface area (Å²) in [7, 11) is 0. The highest BCUT2D eigenvalue weighted by atomic mass is 35.5. The Morgan fingerprint density at radius 1 is 1.13 bits per heavy atom. The van der Waals surface area contributed by atoms with Crippen molar-refractivity contribution in [1.82, 2.24) is 19.9 Å². The number of alkyl halides is 1. The third-order valence-electron chi connectivity index (χ3n) is 4.77. The number of halogens is 3. The average Bonchev–Trinajstić information content (AvgIpc) is 2.69. The third kappa shape index (κ3) is 3.68. The molecule has 0 saturated carbocycles. The summed E-state index contributed by atoms with van der Waals surface area (Å²) < 4.78 is 29.6. The van der Waals surface area contributed by atoms with Gasteiger partial charge in [-0.3, -0.25) is 4.98 Å². The second kappa shape index (κ2) is 7.57. The second-order valence-corrected chi connectivity index (χ2v) is 7.75. The molecule has 3 heterocycles. The standard InChI is InChI=1S/C22H17ClF2N4O/c1-22(2,25)19-17(18-13-7-5-9-26-20(13)29-21(30)28-18)14(15(23)11-27-19)10-12-6-3-4-8-16(12)24/h3-9,11H,10H2,1-2H3,(H,26,28,29,30). The Morgan fingerprint density at radius 2 is 1.90 bits per heavy atom. The summed E-state index contributed by atoms with van der Waals surface area (Å²) in [6, 6.07) is 9.66. The minimum Gasteiger partial charge on any atom is -0.305 e. The number of nitrogens with zero attached hydrogens (tertiary/aromatic N) is 3. The van der Waals surface area contributed by atoms with Gasteiger partial charge in [0.1, 0.15) is 11.5 Å². The SMILES string of the molecule is CC(C)(F)c1ncc(Cl)c(Cc2ccccc2F)c1-c1[nH]c(=O)nc2ncccc12. The zero-order chi connectivity index (χ0) is 21.5. The van der Waals surface area contributed by atoms with Gasteiger partial charge in [0.2, 0.25) is 0 Å². The van der Waals surface area contributed by atoms with Crippen LogP contribution in [0.3, 0.4) is 0 Å². The fourth-order valence-electron chi connectivity index (χ4n) is 3.43.